The maximum atomic E-state index is 13.8. The third kappa shape index (κ3) is 4.30. The van der Waals surface area contributed by atoms with Gasteiger partial charge in [0.25, 0.3) is 0 Å². The second kappa shape index (κ2) is 7.81. The van der Waals surface area contributed by atoms with Crippen LogP contribution >= 0.6 is 15.9 Å². The minimum absolute atomic E-state index is 0.0869. The minimum atomic E-state index is -0.536. The van der Waals surface area contributed by atoms with Crippen LogP contribution in [0, 0.1) is 11.6 Å². The van der Waals surface area contributed by atoms with Gasteiger partial charge in [-0.05, 0) is 40.9 Å². The van der Waals surface area contributed by atoms with Gasteiger partial charge in [-0.25, -0.2) is 8.78 Å². The first-order chi connectivity index (χ1) is 8.60. The summed E-state index contributed by atoms with van der Waals surface area (Å²) in [5.41, 5.74) is 2.72. The normalized spacial score (nSPS) is 12.7. The molecule has 3 N–H and O–H groups in total. The van der Waals surface area contributed by atoms with Gasteiger partial charge in [0.15, 0.2) is 0 Å². The Morgan fingerprint density at radius 2 is 2.06 bits per heavy atom. The Hall–Kier alpha value is -0.520. The fourth-order valence-electron chi connectivity index (χ4n) is 1.89. The number of unbranched alkanes of at least 4 members (excludes halogenated alkanes) is 2. The van der Waals surface area contributed by atoms with Crippen molar-refractivity contribution < 1.29 is 8.78 Å². The zero-order valence-corrected chi connectivity index (χ0v) is 12.1. The number of hydrogen-bond donors (Lipinski definition) is 2. The molecule has 5 heteroatoms. The Morgan fingerprint density at radius 1 is 1.33 bits per heavy atom. The van der Waals surface area contributed by atoms with E-state index >= 15 is 0 Å². The van der Waals surface area contributed by atoms with E-state index in [9.17, 15) is 8.78 Å². The average molecular weight is 321 g/mol. The molecule has 0 saturated carbocycles. The van der Waals surface area contributed by atoms with Gasteiger partial charge >= 0.3 is 0 Å². The molecule has 0 radical (unpaired) electrons. The topological polar surface area (TPSA) is 38.0 Å². The Balaban J connectivity index is 2.72. The van der Waals surface area contributed by atoms with Crippen LogP contribution in [0.3, 0.4) is 0 Å². The van der Waals surface area contributed by atoms with Crippen molar-refractivity contribution in [2.45, 2.75) is 45.1 Å². The number of hydrogen-bond acceptors (Lipinski definition) is 2. The SMILES string of the molecule is CCCCCC(Cc1c(F)ccc(Br)c1F)NN. The summed E-state index contributed by atoms with van der Waals surface area (Å²) in [6.07, 6.45) is 4.29. The zero-order valence-electron chi connectivity index (χ0n) is 10.5. The van der Waals surface area contributed by atoms with Crippen molar-refractivity contribution in [2.75, 3.05) is 0 Å². The quantitative estimate of drug-likeness (QED) is 0.348. The number of hydrazine groups is 1. The molecule has 102 valence electrons. The van der Waals surface area contributed by atoms with Gasteiger partial charge in [0.05, 0.1) is 4.47 Å². The fraction of sp³-hybridized carbons (Fsp3) is 0.538. The molecule has 1 aromatic carbocycles. The molecule has 0 aromatic heterocycles. The molecule has 0 saturated heterocycles. The number of halogens is 3. The zero-order chi connectivity index (χ0) is 13.5. The molecule has 0 fully saturated rings. The largest absolute Gasteiger partial charge is 0.271 e. The molecule has 0 aliphatic heterocycles. The number of rotatable bonds is 7. The van der Waals surface area contributed by atoms with Crippen LogP contribution in [-0.4, -0.2) is 6.04 Å². The first kappa shape index (κ1) is 15.5. The number of nitrogens with one attached hydrogen (secondary N) is 1. The van der Waals surface area contributed by atoms with Gasteiger partial charge in [-0.2, -0.15) is 0 Å². The molecule has 0 aliphatic carbocycles. The molecule has 0 aliphatic rings. The molecule has 0 spiro atoms. The highest BCUT2D eigenvalue weighted by Crippen LogP contribution is 2.23. The van der Waals surface area contributed by atoms with E-state index in [0.29, 0.717) is 0 Å². The van der Waals surface area contributed by atoms with Crippen molar-refractivity contribution in [3.8, 4) is 0 Å². The summed E-state index contributed by atoms with van der Waals surface area (Å²) in [6.45, 7) is 2.11. The molecule has 1 rings (SSSR count). The van der Waals surface area contributed by atoms with Crippen LogP contribution < -0.4 is 11.3 Å². The third-order valence-electron chi connectivity index (χ3n) is 2.98. The molecule has 2 nitrogen and oxygen atoms in total. The molecule has 0 bridgehead atoms. The maximum absolute atomic E-state index is 13.8. The lowest BCUT2D eigenvalue weighted by molar-refractivity contribution is 0.446. The van der Waals surface area contributed by atoms with Crippen molar-refractivity contribution in [3.63, 3.8) is 0 Å². The van der Waals surface area contributed by atoms with Crippen molar-refractivity contribution >= 4 is 15.9 Å². The van der Waals surface area contributed by atoms with E-state index in [1.807, 2.05) is 0 Å². The summed E-state index contributed by atoms with van der Waals surface area (Å²) in [7, 11) is 0. The predicted molar refractivity (Wildman–Crippen MR) is 73.0 cm³/mol. The van der Waals surface area contributed by atoms with E-state index in [1.54, 1.807) is 0 Å². The molecular formula is C13H19BrF2N2. The standard InChI is InChI=1S/C13H19BrF2N2/c1-2-3-4-5-9(18-17)8-10-12(15)7-6-11(14)13(10)16/h6-7,9,18H,2-5,8,17H2,1H3. The molecule has 18 heavy (non-hydrogen) atoms. The monoisotopic (exact) mass is 320 g/mol. The third-order valence-corrected chi connectivity index (χ3v) is 3.59. The summed E-state index contributed by atoms with van der Waals surface area (Å²) in [6, 6.07) is 2.54. The molecular weight excluding hydrogens is 302 g/mol. The highest BCUT2D eigenvalue weighted by molar-refractivity contribution is 9.10. The summed E-state index contributed by atoms with van der Waals surface area (Å²) in [5, 5.41) is 0. The first-order valence-electron chi connectivity index (χ1n) is 6.18. The Kier molecular flexibility index (Phi) is 6.75. The average Bonchev–Trinajstić information content (AvgIpc) is 2.37. The van der Waals surface area contributed by atoms with Crippen molar-refractivity contribution in [3.05, 3.63) is 33.8 Å². The number of benzene rings is 1. The maximum Gasteiger partial charge on any atom is 0.143 e. The predicted octanol–water partition coefficient (Wildman–Crippen LogP) is 3.68. The van der Waals surface area contributed by atoms with Gasteiger partial charge in [-0.1, -0.05) is 26.2 Å². The lowest BCUT2D eigenvalue weighted by Gasteiger charge is -2.17. The minimum Gasteiger partial charge on any atom is -0.271 e. The van der Waals surface area contributed by atoms with Crippen molar-refractivity contribution in [1.82, 2.24) is 5.43 Å². The Morgan fingerprint density at radius 3 is 2.67 bits per heavy atom. The second-order valence-electron chi connectivity index (χ2n) is 4.39. The van der Waals surface area contributed by atoms with E-state index in [0.717, 1.165) is 25.7 Å². The van der Waals surface area contributed by atoms with Crippen LogP contribution in [-0.2, 0) is 6.42 Å². The second-order valence-corrected chi connectivity index (χ2v) is 5.24. The Bertz CT molecular complexity index is 385. The van der Waals surface area contributed by atoms with Gasteiger partial charge in [0, 0.05) is 11.6 Å². The lowest BCUT2D eigenvalue weighted by Crippen LogP contribution is -2.37. The highest BCUT2D eigenvalue weighted by Gasteiger charge is 2.16. The summed E-state index contributed by atoms with van der Waals surface area (Å²) >= 11 is 3.06. The van der Waals surface area contributed by atoms with E-state index in [4.69, 9.17) is 5.84 Å². The van der Waals surface area contributed by atoms with Crippen LogP contribution in [0.4, 0.5) is 8.78 Å². The number of nitrogens with two attached hydrogens (primary N) is 1. The van der Waals surface area contributed by atoms with Crippen LogP contribution in [0.15, 0.2) is 16.6 Å². The smallest absolute Gasteiger partial charge is 0.143 e. The Labute approximate surface area is 115 Å². The van der Waals surface area contributed by atoms with E-state index in [2.05, 4.69) is 28.3 Å². The van der Waals surface area contributed by atoms with E-state index < -0.39 is 11.6 Å². The van der Waals surface area contributed by atoms with Gasteiger partial charge in [-0.3, -0.25) is 11.3 Å². The van der Waals surface area contributed by atoms with E-state index in [-0.39, 0.29) is 22.5 Å². The summed E-state index contributed by atoms with van der Waals surface area (Å²) < 4.78 is 27.7. The van der Waals surface area contributed by atoms with Crippen molar-refractivity contribution in [1.29, 1.82) is 0 Å². The molecule has 0 heterocycles. The molecule has 1 unspecified atom stereocenters. The summed E-state index contributed by atoms with van der Waals surface area (Å²) in [5.74, 6) is 4.38. The van der Waals surface area contributed by atoms with Crippen LogP contribution in [0.2, 0.25) is 0 Å². The molecule has 1 aromatic rings. The first-order valence-corrected chi connectivity index (χ1v) is 6.98. The van der Waals surface area contributed by atoms with Crippen LogP contribution in [0.25, 0.3) is 0 Å². The van der Waals surface area contributed by atoms with Crippen LogP contribution in [0.1, 0.15) is 38.2 Å². The van der Waals surface area contributed by atoms with Gasteiger partial charge < -0.3 is 0 Å². The molecule has 1 atom stereocenters. The lowest BCUT2D eigenvalue weighted by atomic mass is 10.00. The molecule has 0 amide bonds. The van der Waals surface area contributed by atoms with Gasteiger partial charge in [-0.15, -0.1) is 0 Å². The van der Waals surface area contributed by atoms with Gasteiger partial charge in [0.2, 0.25) is 0 Å². The van der Waals surface area contributed by atoms with Crippen molar-refractivity contribution in [2.24, 2.45) is 5.84 Å². The van der Waals surface area contributed by atoms with Gasteiger partial charge in [0.1, 0.15) is 11.6 Å². The van der Waals surface area contributed by atoms with E-state index in [1.165, 1.54) is 12.1 Å². The van der Waals surface area contributed by atoms with Crippen LogP contribution in [0.5, 0.6) is 0 Å². The highest BCUT2D eigenvalue weighted by atomic mass is 79.9. The fourth-order valence-corrected chi connectivity index (χ4v) is 2.26. The summed E-state index contributed by atoms with van der Waals surface area (Å²) in [4.78, 5) is 0.